The minimum Gasteiger partial charge on any atom is -0.386 e. The number of aliphatic imine (C=N–C) groups is 1. The van der Waals surface area contributed by atoms with Crippen LogP contribution >= 0.6 is 22.2 Å². The Morgan fingerprint density at radius 2 is 2.00 bits per heavy atom. The smallest absolute Gasteiger partial charge is 0.274 e. The number of carbonyl (C=O) groups is 1. The average Bonchev–Trinajstić information content (AvgIpc) is 3.44. The van der Waals surface area contributed by atoms with Crippen LogP contribution in [0.25, 0.3) is 0 Å². The number of nitrogens with one attached hydrogen (secondary N) is 1. The van der Waals surface area contributed by atoms with Crippen molar-refractivity contribution in [1.29, 1.82) is 0 Å². The predicted molar refractivity (Wildman–Crippen MR) is 115 cm³/mol. The van der Waals surface area contributed by atoms with Crippen molar-refractivity contribution >= 4 is 39.6 Å². The number of carbonyl (C=O) groups excluding carboxylic acids is 1. The van der Waals surface area contributed by atoms with Gasteiger partial charge in [0.2, 0.25) is 5.95 Å². The number of aryl methyl sites for hydroxylation is 1. The van der Waals surface area contributed by atoms with Gasteiger partial charge in [-0.05, 0) is 44.4 Å². The maximum absolute atomic E-state index is 14.6. The topological polar surface area (TPSA) is 134 Å². The summed E-state index contributed by atoms with van der Waals surface area (Å²) < 4.78 is 35.1. The number of nitrogens with zero attached hydrogens (tertiary/aromatic N) is 3. The van der Waals surface area contributed by atoms with Crippen LogP contribution in [0.2, 0.25) is 5.02 Å². The molecular formula is C19H21ClFN5O3S. The zero-order valence-corrected chi connectivity index (χ0v) is 17.9. The lowest BCUT2D eigenvalue weighted by Crippen LogP contribution is -2.48. The molecule has 1 saturated carbocycles. The fraction of sp³-hybridized carbons (Fsp3) is 0.368. The molecule has 8 nitrogen and oxygen atoms in total. The molecule has 0 bridgehead atoms. The molecule has 1 unspecified atom stereocenters. The molecule has 3 heterocycles. The Hall–Kier alpha value is -2.27. The Kier molecular flexibility index (Phi) is 4.81. The van der Waals surface area contributed by atoms with E-state index in [1.54, 1.807) is 19.9 Å². The van der Waals surface area contributed by atoms with Crippen LogP contribution < -0.4 is 11.1 Å². The zero-order chi connectivity index (χ0) is 21.9. The molecule has 1 amide bonds. The molecule has 0 saturated heterocycles. The van der Waals surface area contributed by atoms with Crippen LogP contribution in [0.15, 0.2) is 29.5 Å². The van der Waals surface area contributed by atoms with Crippen LogP contribution in [0, 0.1) is 12.9 Å². The van der Waals surface area contributed by atoms with Gasteiger partial charge < -0.3 is 11.1 Å². The first kappa shape index (κ1) is 21.0. The molecule has 1 spiro atoms. The highest BCUT2D eigenvalue weighted by atomic mass is 35.5. The van der Waals surface area contributed by atoms with Gasteiger partial charge in [-0.1, -0.05) is 11.6 Å². The first-order valence-corrected chi connectivity index (χ1v) is 11.3. The summed E-state index contributed by atoms with van der Waals surface area (Å²) in [4.78, 5) is 24.8. The van der Waals surface area contributed by atoms with Crippen LogP contribution in [0.1, 0.15) is 41.4 Å². The monoisotopic (exact) mass is 453 g/mol. The van der Waals surface area contributed by atoms with E-state index >= 15 is 0 Å². The first-order valence-electron chi connectivity index (χ1n) is 9.18. The molecule has 1 aliphatic heterocycles. The quantitative estimate of drug-likeness (QED) is 0.523. The zero-order valence-electron chi connectivity index (χ0n) is 16.3. The summed E-state index contributed by atoms with van der Waals surface area (Å²) >= 11 is 5.87. The number of pyridine rings is 2. The molecule has 2 aliphatic rings. The average molecular weight is 454 g/mol. The number of aromatic nitrogens is 2. The summed E-state index contributed by atoms with van der Waals surface area (Å²) in [5.74, 6) is -1.39. The summed E-state index contributed by atoms with van der Waals surface area (Å²) in [7, 11) is -3.12. The Labute approximate surface area is 179 Å². The molecule has 2 aromatic rings. The number of amidine groups is 1. The molecule has 0 aromatic carbocycles. The van der Waals surface area contributed by atoms with Crippen molar-refractivity contribution in [3.05, 3.63) is 52.3 Å². The van der Waals surface area contributed by atoms with Crippen LogP contribution in [-0.2, 0) is 5.54 Å². The standard InChI is InChI=1S/C19H21ClFN5O3S/c1-10-5-11(20)7-23-14(10)16(27)25-12-6-13(15(21)24-8-12)18(2)9-30(28,29)19(3-4-19)17(22)26-18/h5-8,28-29H,3-4,9H2,1-2H3,(H2,22,26)(H,25,27). The number of hydrogen-bond donors (Lipinski definition) is 4. The lowest BCUT2D eigenvalue weighted by Gasteiger charge is -2.49. The number of rotatable bonds is 3. The van der Waals surface area contributed by atoms with Crippen molar-refractivity contribution in [1.82, 2.24) is 9.97 Å². The fourth-order valence-electron chi connectivity index (χ4n) is 3.79. The van der Waals surface area contributed by atoms with E-state index in [-0.39, 0.29) is 28.5 Å². The van der Waals surface area contributed by atoms with Gasteiger partial charge in [0, 0.05) is 11.8 Å². The van der Waals surface area contributed by atoms with Gasteiger partial charge in [0.1, 0.15) is 21.8 Å². The molecule has 4 rings (SSSR count). The second-order valence-electron chi connectivity index (χ2n) is 7.91. The van der Waals surface area contributed by atoms with E-state index in [1.165, 1.54) is 18.5 Å². The number of amides is 1. The highest BCUT2D eigenvalue weighted by Crippen LogP contribution is 2.69. The SMILES string of the molecule is Cc1cc(Cl)cnc1C(=O)Nc1cnc(F)c(C2(C)CS(O)(O)C3(CC3)C(N)=N2)c1. The normalized spacial score (nSPS) is 24.8. The molecule has 1 aliphatic carbocycles. The Bertz CT molecular complexity index is 1090. The van der Waals surface area contributed by atoms with Gasteiger partial charge in [-0.2, -0.15) is 15.0 Å². The maximum Gasteiger partial charge on any atom is 0.274 e. The maximum atomic E-state index is 14.6. The molecule has 30 heavy (non-hydrogen) atoms. The van der Waals surface area contributed by atoms with Gasteiger partial charge >= 0.3 is 0 Å². The van der Waals surface area contributed by atoms with Crippen molar-refractivity contribution in [2.75, 3.05) is 11.1 Å². The van der Waals surface area contributed by atoms with Gasteiger partial charge in [-0.3, -0.25) is 18.9 Å². The van der Waals surface area contributed by atoms with Gasteiger partial charge in [-0.25, -0.2) is 9.97 Å². The van der Waals surface area contributed by atoms with Crippen LogP contribution in [0.3, 0.4) is 0 Å². The third kappa shape index (κ3) is 3.33. The summed E-state index contributed by atoms with van der Waals surface area (Å²) in [6.07, 6.45) is 3.62. The Balaban J connectivity index is 1.67. The molecular weight excluding hydrogens is 433 g/mol. The van der Waals surface area contributed by atoms with Crippen molar-refractivity contribution in [2.45, 2.75) is 37.0 Å². The van der Waals surface area contributed by atoms with E-state index in [9.17, 15) is 18.3 Å². The molecule has 11 heteroatoms. The number of anilines is 1. The summed E-state index contributed by atoms with van der Waals surface area (Å²) in [5, 5.41) is 3.04. The van der Waals surface area contributed by atoms with E-state index < -0.39 is 32.7 Å². The van der Waals surface area contributed by atoms with E-state index in [0.29, 0.717) is 23.4 Å². The number of hydrogen-bond acceptors (Lipinski definition) is 7. The van der Waals surface area contributed by atoms with Gasteiger partial charge in [0.15, 0.2) is 0 Å². The van der Waals surface area contributed by atoms with Crippen molar-refractivity contribution in [3.63, 3.8) is 0 Å². The second-order valence-corrected chi connectivity index (χ2v) is 10.8. The minimum absolute atomic E-state index is 0.0134. The molecule has 1 fully saturated rings. The van der Waals surface area contributed by atoms with Gasteiger partial charge in [0.25, 0.3) is 5.91 Å². The summed E-state index contributed by atoms with van der Waals surface area (Å²) in [5.41, 5.74) is 5.70. The highest BCUT2D eigenvalue weighted by molar-refractivity contribution is 8.26. The van der Waals surface area contributed by atoms with E-state index in [1.807, 2.05) is 0 Å². The van der Waals surface area contributed by atoms with Gasteiger partial charge in [-0.15, -0.1) is 0 Å². The highest BCUT2D eigenvalue weighted by Gasteiger charge is 2.62. The minimum atomic E-state index is -3.12. The van der Waals surface area contributed by atoms with E-state index in [4.69, 9.17) is 17.3 Å². The molecule has 0 radical (unpaired) electrons. The fourth-order valence-corrected chi connectivity index (χ4v) is 6.42. The summed E-state index contributed by atoms with van der Waals surface area (Å²) in [6.45, 7) is 3.27. The lowest BCUT2D eigenvalue weighted by molar-refractivity contribution is 0.102. The number of nitrogens with two attached hydrogens (primary N) is 1. The van der Waals surface area contributed by atoms with Crippen LogP contribution in [-0.4, -0.2) is 41.3 Å². The third-order valence-corrected chi connectivity index (χ3v) is 8.62. The van der Waals surface area contributed by atoms with Crippen LogP contribution in [0.5, 0.6) is 0 Å². The molecule has 1 atom stereocenters. The van der Waals surface area contributed by atoms with E-state index in [0.717, 1.165) is 0 Å². The summed E-state index contributed by atoms with van der Waals surface area (Å²) in [6, 6.07) is 2.99. The lowest BCUT2D eigenvalue weighted by atomic mass is 9.95. The van der Waals surface area contributed by atoms with Crippen LogP contribution in [0.4, 0.5) is 10.1 Å². The first-order chi connectivity index (χ1) is 14.0. The molecule has 2 aromatic heterocycles. The molecule has 160 valence electrons. The molecule has 5 N–H and O–H groups in total. The van der Waals surface area contributed by atoms with Gasteiger partial charge in [0.05, 0.1) is 22.7 Å². The predicted octanol–water partition coefficient (Wildman–Crippen LogP) is 3.70. The van der Waals surface area contributed by atoms with Crippen molar-refractivity contribution < 1.29 is 18.3 Å². The van der Waals surface area contributed by atoms with Crippen molar-refractivity contribution in [3.8, 4) is 0 Å². The Morgan fingerprint density at radius 3 is 2.60 bits per heavy atom. The largest absolute Gasteiger partial charge is 0.386 e. The van der Waals surface area contributed by atoms with Crippen molar-refractivity contribution in [2.24, 2.45) is 10.7 Å². The number of halogens is 2. The third-order valence-electron chi connectivity index (χ3n) is 5.58. The Morgan fingerprint density at radius 1 is 1.30 bits per heavy atom. The second kappa shape index (κ2) is 6.88. The van der Waals surface area contributed by atoms with E-state index in [2.05, 4.69) is 20.3 Å².